The van der Waals surface area contributed by atoms with Crippen LogP contribution in [0.25, 0.3) is 0 Å². The largest absolute Gasteiger partial charge is 0.468 e. The molecule has 1 unspecified atom stereocenters. The maximum absolute atomic E-state index is 9.65. The zero-order valence-electron chi connectivity index (χ0n) is 6.36. The Hall–Kier alpha value is -0.650. The molecule has 1 atom stereocenters. The Morgan fingerprint density at radius 3 is 2.82 bits per heavy atom. The first-order valence-corrected chi connectivity index (χ1v) is 3.23. The SMILES string of the molecule is COC(CCCOC=O)OO. The average molecular weight is 164 g/mol. The van der Waals surface area contributed by atoms with E-state index < -0.39 is 6.29 Å². The lowest BCUT2D eigenvalue weighted by Gasteiger charge is -2.09. The first-order valence-electron chi connectivity index (χ1n) is 3.23. The van der Waals surface area contributed by atoms with Crippen LogP contribution in [0.3, 0.4) is 0 Å². The Kier molecular flexibility index (Phi) is 7.02. The topological polar surface area (TPSA) is 65.0 Å². The van der Waals surface area contributed by atoms with E-state index in [0.717, 1.165) is 0 Å². The van der Waals surface area contributed by atoms with Crippen molar-refractivity contribution in [2.75, 3.05) is 13.7 Å². The Bertz CT molecular complexity index is 91.0. The van der Waals surface area contributed by atoms with E-state index in [1.807, 2.05) is 0 Å². The van der Waals surface area contributed by atoms with Crippen molar-refractivity contribution >= 4 is 6.47 Å². The molecule has 66 valence electrons. The monoisotopic (exact) mass is 164 g/mol. The molecule has 1 N–H and O–H groups in total. The van der Waals surface area contributed by atoms with Crippen LogP contribution < -0.4 is 0 Å². The van der Waals surface area contributed by atoms with Gasteiger partial charge < -0.3 is 9.47 Å². The lowest BCUT2D eigenvalue weighted by atomic mass is 10.3. The molecule has 0 spiro atoms. The molecule has 0 aliphatic heterocycles. The third-order valence-electron chi connectivity index (χ3n) is 1.15. The van der Waals surface area contributed by atoms with E-state index in [0.29, 0.717) is 25.9 Å². The molecular weight excluding hydrogens is 152 g/mol. The lowest BCUT2D eigenvalue weighted by Crippen LogP contribution is -2.13. The minimum absolute atomic E-state index is 0.312. The van der Waals surface area contributed by atoms with Crippen molar-refractivity contribution in [1.82, 2.24) is 0 Å². The van der Waals surface area contributed by atoms with Gasteiger partial charge in [0.15, 0.2) is 6.29 Å². The summed E-state index contributed by atoms with van der Waals surface area (Å²) >= 11 is 0. The van der Waals surface area contributed by atoms with Crippen molar-refractivity contribution in [2.45, 2.75) is 19.1 Å². The van der Waals surface area contributed by atoms with Crippen LogP contribution in [0.1, 0.15) is 12.8 Å². The van der Waals surface area contributed by atoms with Crippen LogP contribution in [0.5, 0.6) is 0 Å². The molecule has 0 saturated heterocycles. The smallest absolute Gasteiger partial charge is 0.293 e. The molecule has 0 amide bonds. The maximum Gasteiger partial charge on any atom is 0.293 e. The van der Waals surface area contributed by atoms with Crippen molar-refractivity contribution in [1.29, 1.82) is 0 Å². The quantitative estimate of drug-likeness (QED) is 0.194. The van der Waals surface area contributed by atoms with E-state index in [-0.39, 0.29) is 0 Å². The van der Waals surface area contributed by atoms with Gasteiger partial charge in [-0.1, -0.05) is 0 Å². The first kappa shape index (κ1) is 10.3. The molecule has 0 fully saturated rings. The second kappa shape index (κ2) is 7.46. The standard InChI is InChI=1S/C6H12O5/c1-9-6(11-8)3-2-4-10-5-7/h5-6,8H,2-4H2,1H3. The normalized spacial score (nSPS) is 12.5. The predicted octanol–water partition coefficient (Wildman–Crippen LogP) is 0.402. The van der Waals surface area contributed by atoms with Crippen molar-refractivity contribution in [3.8, 4) is 0 Å². The Morgan fingerprint density at radius 2 is 2.36 bits per heavy atom. The first-order chi connectivity index (χ1) is 5.35. The Balaban J connectivity index is 3.13. The van der Waals surface area contributed by atoms with Gasteiger partial charge in [0, 0.05) is 13.5 Å². The molecule has 0 aromatic carbocycles. The number of carbonyl (C=O) groups is 1. The number of rotatable bonds is 7. The summed E-state index contributed by atoms with van der Waals surface area (Å²) in [6, 6.07) is 0. The third kappa shape index (κ3) is 5.78. The van der Waals surface area contributed by atoms with Crippen LogP contribution in [0.2, 0.25) is 0 Å². The second-order valence-electron chi connectivity index (χ2n) is 1.88. The number of hydrogen-bond donors (Lipinski definition) is 1. The molecule has 0 aliphatic rings. The van der Waals surface area contributed by atoms with E-state index >= 15 is 0 Å². The van der Waals surface area contributed by atoms with Gasteiger partial charge in [0.1, 0.15) is 0 Å². The molecule has 0 rings (SSSR count). The molecule has 0 heterocycles. The molecule has 11 heavy (non-hydrogen) atoms. The van der Waals surface area contributed by atoms with Gasteiger partial charge in [-0.05, 0) is 6.42 Å². The zero-order chi connectivity index (χ0) is 8.53. The third-order valence-corrected chi connectivity index (χ3v) is 1.15. The van der Waals surface area contributed by atoms with Crippen LogP contribution in [0, 0.1) is 0 Å². The fourth-order valence-corrected chi connectivity index (χ4v) is 0.595. The highest BCUT2D eigenvalue weighted by molar-refractivity contribution is 5.36. The molecule has 0 saturated carbocycles. The highest BCUT2D eigenvalue weighted by Crippen LogP contribution is 2.00. The number of carbonyl (C=O) groups excluding carboxylic acids is 1. The van der Waals surface area contributed by atoms with Gasteiger partial charge in [-0.3, -0.25) is 4.79 Å². The maximum atomic E-state index is 9.65. The lowest BCUT2D eigenvalue weighted by molar-refractivity contribution is -0.342. The summed E-state index contributed by atoms with van der Waals surface area (Å²) in [4.78, 5) is 13.6. The van der Waals surface area contributed by atoms with Gasteiger partial charge in [0.05, 0.1) is 6.61 Å². The summed E-state index contributed by atoms with van der Waals surface area (Å²) in [5.74, 6) is 0. The average Bonchev–Trinajstić information content (AvgIpc) is 2.05. The van der Waals surface area contributed by atoms with Crippen molar-refractivity contribution in [2.24, 2.45) is 0 Å². The fraction of sp³-hybridized carbons (Fsp3) is 0.833. The molecule has 0 aromatic rings. The summed E-state index contributed by atoms with van der Waals surface area (Å²) in [5, 5.41) is 8.15. The molecule has 5 heteroatoms. The Morgan fingerprint density at radius 1 is 1.64 bits per heavy atom. The van der Waals surface area contributed by atoms with Gasteiger partial charge in [-0.2, -0.15) is 0 Å². The predicted molar refractivity (Wildman–Crippen MR) is 35.8 cm³/mol. The highest BCUT2D eigenvalue weighted by Gasteiger charge is 2.05. The van der Waals surface area contributed by atoms with E-state index in [1.165, 1.54) is 7.11 Å². The van der Waals surface area contributed by atoms with E-state index in [2.05, 4.69) is 14.4 Å². The van der Waals surface area contributed by atoms with Gasteiger partial charge in [-0.25, -0.2) is 10.1 Å². The molecule has 0 bridgehead atoms. The number of ether oxygens (including phenoxy) is 2. The highest BCUT2D eigenvalue weighted by atomic mass is 17.1. The van der Waals surface area contributed by atoms with Gasteiger partial charge in [0.2, 0.25) is 0 Å². The summed E-state index contributed by atoms with van der Waals surface area (Å²) in [5.41, 5.74) is 0. The molecule has 0 aromatic heterocycles. The van der Waals surface area contributed by atoms with Crippen molar-refractivity contribution in [3.05, 3.63) is 0 Å². The molecule has 0 aliphatic carbocycles. The number of hydrogen-bond acceptors (Lipinski definition) is 5. The van der Waals surface area contributed by atoms with Crippen LogP contribution in [-0.4, -0.2) is 31.7 Å². The van der Waals surface area contributed by atoms with Crippen LogP contribution in [0.4, 0.5) is 0 Å². The summed E-state index contributed by atoms with van der Waals surface area (Å²) < 4.78 is 9.06. The fourth-order valence-electron chi connectivity index (χ4n) is 0.595. The Labute approximate surface area is 64.8 Å². The number of methoxy groups -OCH3 is 1. The minimum atomic E-state index is -0.634. The molecule has 5 nitrogen and oxygen atoms in total. The van der Waals surface area contributed by atoms with E-state index in [1.54, 1.807) is 0 Å². The van der Waals surface area contributed by atoms with Gasteiger partial charge >= 0.3 is 0 Å². The minimum Gasteiger partial charge on any atom is -0.468 e. The van der Waals surface area contributed by atoms with E-state index in [9.17, 15) is 4.79 Å². The molecular formula is C6H12O5. The summed E-state index contributed by atoms with van der Waals surface area (Å²) in [7, 11) is 1.42. The van der Waals surface area contributed by atoms with Crippen molar-refractivity contribution < 1.29 is 24.4 Å². The van der Waals surface area contributed by atoms with Crippen LogP contribution in [-0.2, 0) is 19.2 Å². The molecule has 0 radical (unpaired) electrons. The second-order valence-corrected chi connectivity index (χ2v) is 1.88. The van der Waals surface area contributed by atoms with Crippen LogP contribution in [0.15, 0.2) is 0 Å². The van der Waals surface area contributed by atoms with Gasteiger partial charge in [0.25, 0.3) is 6.47 Å². The van der Waals surface area contributed by atoms with Crippen molar-refractivity contribution in [3.63, 3.8) is 0 Å². The summed E-state index contributed by atoms with van der Waals surface area (Å²) in [6.07, 6.45) is 0.448. The van der Waals surface area contributed by atoms with Gasteiger partial charge in [-0.15, -0.1) is 0 Å². The zero-order valence-corrected chi connectivity index (χ0v) is 6.36. The van der Waals surface area contributed by atoms with E-state index in [4.69, 9.17) is 5.26 Å². The van der Waals surface area contributed by atoms with Crippen LogP contribution >= 0.6 is 0 Å². The summed E-state index contributed by atoms with van der Waals surface area (Å²) in [6.45, 7) is 0.689.